The molecule has 0 atom stereocenters. The second-order valence-electron chi connectivity index (χ2n) is 11.9. The Balaban J connectivity index is 1.20. The summed E-state index contributed by atoms with van der Waals surface area (Å²) in [7, 11) is 0. The molecular formula is C44H26N4O. The number of furan rings is 1. The van der Waals surface area contributed by atoms with Crippen molar-refractivity contribution in [1.82, 2.24) is 15.0 Å². The van der Waals surface area contributed by atoms with Crippen LogP contribution in [0.2, 0.25) is 0 Å². The summed E-state index contributed by atoms with van der Waals surface area (Å²) < 4.78 is 6.56. The molecule has 0 amide bonds. The van der Waals surface area contributed by atoms with Crippen LogP contribution in [0, 0.1) is 11.3 Å². The zero-order valence-electron chi connectivity index (χ0n) is 26.2. The first-order valence-electron chi connectivity index (χ1n) is 16.1. The molecule has 2 heterocycles. The molecule has 0 bridgehead atoms. The van der Waals surface area contributed by atoms with Gasteiger partial charge in [0.15, 0.2) is 17.5 Å². The first-order chi connectivity index (χ1) is 24.2. The fourth-order valence-electron chi connectivity index (χ4n) is 6.59. The molecule has 5 nitrogen and oxygen atoms in total. The van der Waals surface area contributed by atoms with Gasteiger partial charge in [0.1, 0.15) is 11.2 Å². The molecule has 9 rings (SSSR count). The van der Waals surface area contributed by atoms with Gasteiger partial charge in [-0.25, -0.2) is 15.0 Å². The average Bonchev–Trinajstić information content (AvgIpc) is 3.57. The predicted molar refractivity (Wildman–Crippen MR) is 197 cm³/mol. The Labute approximate surface area is 282 Å². The van der Waals surface area contributed by atoms with Crippen molar-refractivity contribution in [2.45, 2.75) is 0 Å². The van der Waals surface area contributed by atoms with Crippen molar-refractivity contribution >= 4 is 32.7 Å². The Kier molecular flexibility index (Phi) is 6.78. The van der Waals surface area contributed by atoms with Crippen molar-refractivity contribution in [2.75, 3.05) is 0 Å². The Bertz CT molecular complexity index is 2630. The summed E-state index contributed by atoms with van der Waals surface area (Å²) in [5.74, 6) is 1.89. The van der Waals surface area contributed by atoms with E-state index in [9.17, 15) is 5.26 Å². The Morgan fingerprint density at radius 2 is 0.939 bits per heavy atom. The van der Waals surface area contributed by atoms with Gasteiger partial charge < -0.3 is 4.42 Å². The minimum atomic E-state index is 0.618. The average molecular weight is 627 g/mol. The van der Waals surface area contributed by atoms with E-state index in [-0.39, 0.29) is 0 Å². The van der Waals surface area contributed by atoms with E-state index in [1.807, 2.05) is 97.1 Å². The highest BCUT2D eigenvalue weighted by Gasteiger charge is 2.18. The molecule has 0 aliphatic carbocycles. The molecule has 228 valence electrons. The molecule has 0 saturated heterocycles. The van der Waals surface area contributed by atoms with E-state index in [2.05, 4.69) is 66.7 Å². The van der Waals surface area contributed by atoms with Gasteiger partial charge in [-0.15, -0.1) is 0 Å². The Hall–Kier alpha value is -6.90. The van der Waals surface area contributed by atoms with Crippen LogP contribution in [-0.2, 0) is 0 Å². The van der Waals surface area contributed by atoms with Crippen molar-refractivity contribution in [2.24, 2.45) is 0 Å². The van der Waals surface area contributed by atoms with Gasteiger partial charge in [-0.05, 0) is 51.9 Å². The molecule has 0 unspecified atom stereocenters. The summed E-state index contributed by atoms with van der Waals surface area (Å²) in [4.78, 5) is 14.7. The van der Waals surface area contributed by atoms with Crippen molar-refractivity contribution in [3.05, 3.63) is 163 Å². The third-order valence-corrected chi connectivity index (χ3v) is 8.98. The second-order valence-corrected chi connectivity index (χ2v) is 11.9. The SMILES string of the molecule is N#Cc1ccc(-c2cccc3oc4c5ccccc5c(-c5ccc(-c6nc(-c7ccccc7)nc(-c7ccccc7)n6)cc5)cc4c23)cc1. The standard InChI is InChI=1S/C44H26N4O/c45-27-28-18-20-29(21-19-28)34-16-9-17-39-40(34)38-26-37(35-14-7-8-15-36(35)41(38)49-39)30-22-24-33(25-23-30)44-47-42(31-10-3-1-4-11-31)46-43(48-44)32-12-5-2-6-13-32/h1-26H. The summed E-state index contributed by atoms with van der Waals surface area (Å²) in [6, 6.07) is 55.2. The van der Waals surface area contributed by atoms with Crippen LogP contribution in [-0.4, -0.2) is 15.0 Å². The summed E-state index contributed by atoms with van der Waals surface area (Å²) in [5, 5.41) is 13.6. The van der Waals surface area contributed by atoms with E-state index in [4.69, 9.17) is 19.4 Å². The van der Waals surface area contributed by atoms with Crippen molar-refractivity contribution in [3.8, 4) is 62.5 Å². The predicted octanol–water partition coefficient (Wildman–Crippen LogP) is 11.1. The summed E-state index contributed by atoms with van der Waals surface area (Å²) in [6.07, 6.45) is 0. The van der Waals surface area contributed by atoms with Gasteiger partial charge >= 0.3 is 0 Å². The second kappa shape index (κ2) is 11.7. The number of hydrogen-bond acceptors (Lipinski definition) is 5. The van der Waals surface area contributed by atoms with Gasteiger partial charge in [-0.2, -0.15) is 5.26 Å². The molecular weight excluding hydrogens is 601 g/mol. The minimum Gasteiger partial charge on any atom is -0.455 e. The normalized spacial score (nSPS) is 11.2. The van der Waals surface area contributed by atoms with Crippen LogP contribution in [0.25, 0.3) is 89.1 Å². The highest BCUT2D eigenvalue weighted by Crippen LogP contribution is 2.43. The van der Waals surface area contributed by atoms with Gasteiger partial charge in [-0.1, -0.05) is 133 Å². The van der Waals surface area contributed by atoms with Crippen LogP contribution in [0.3, 0.4) is 0 Å². The van der Waals surface area contributed by atoms with Crippen molar-refractivity contribution in [1.29, 1.82) is 5.26 Å². The van der Waals surface area contributed by atoms with Crippen LogP contribution in [0.1, 0.15) is 5.56 Å². The zero-order chi connectivity index (χ0) is 32.7. The van der Waals surface area contributed by atoms with Crippen molar-refractivity contribution < 1.29 is 4.42 Å². The summed E-state index contributed by atoms with van der Waals surface area (Å²) in [6.45, 7) is 0. The monoisotopic (exact) mass is 626 g/mol. The van der Waals surface area contributed by atoms with E-state index >= 15 is 0 Å². The molecule has 0 spiro atoms. The van der Waals surface area contributed by atoms with Crippen LogP contribution < -0.4 is 0 Å². The first-order valence-corrected chi connectivity index (χ1v) is 16.1. The quantitative estimate of drug-likeness (QED) is 0.190. The fourth-order valence-corrected chi connectivity index (χ4v) is 6.59. The van der Waals surface area contributed by atoms with E-state index < -0.39 is 0 Å². The smallest absolute Gasteiger partial charge is 0.164 e. The van der Waals surface area contributed by atoms with Crippen molar-refractivity contribution in [3.63, 3.8) is 0 Å². The molecule has 49 heavy (non-hydrogen) atoms. The molecule has 0 fully saturated rings. The van der Waals surface area contributed by atoms with E-state index in [0.717, 1.165) is 71.7 Å². The summed E-state index contributed by atoms with van der Waals surface area (Å²) >= 11 is 0. The highest BCUT2D eigenvalue weighted by atomic mass is 16.3. The molecule has 5 heteroatoms. The zero-order valence-corrected chi connectivity index (χ0v) is 26.2. The lowest BCUT2D eigenvalue weighted by Gasteiger charge is -2.11. The van der Waals surface area contributed by atoms with E-state index in [1.165, 1.54) is 0 Å². The number of aromatic nitrogens is 3. The topological polar surface area (TPSA) is 75.6 Å². The number of nitrogens with zero attached hydrogens (tertiary/aromatic N) is 4. The number of benzene rings is 7. The number of nitriles is 1. The van der Waals surface area contributed by atoms with Gasteiger partial charge in [-0.3, -0.25) is 0 Å². The van der Waals surface area contributed by atoms with E-state index in [0.29, 0.717) is 23.0 Å². The Morgan fingerprint density at radius 3 is 1.55 bits per heavy atom. The lowest BCUT2D eigenvalue weighted by atomic mass is 9.93. The largest absolute Gasteiger partial charge is 0.455 e. The summed E-state index contributed by atoms with van der Waals surface area (Å²) in [5.41, 5.74) is 9.39. The third kappa shape index (κ3) is 5.00. The maximum Gasteiger partial charge on any atom is 0.164 e. The number of rotatable bonds is 5. The maximum absolute atomic E-state index is 9.34. The fraction of sp³-hybridized carbons (Fsp3) is 0. The lowest BCUT2D eigenvalue weighted by molar-refractivity contribution is 0.673. The van der Waals surface area contributed by atoms with Gasteiger partial charge in [0.05, 0.1) is 11.6 Å². The first kappa shape index (κ1) is 28.3. The maximum atomic E-state index is 9.34. The van der Waals surface area contributed by atoms with E-state index in [1.54, 1.807) is 0 Å². The molecule has 0 radical (unpaired) electrons. The molecule has 0 N–H and O–H groups in total. The van der Waals surface area contributed by atoms with Crippen LogP contribution in [0.15, 0.2) is 162 Å². The highest BCUT2D eigenvalue weighted by molar-refractivity contribution is 6.22. The lowest BCUT2D eigenvalue weighted by Crippen LogP contribution is -2.00. The van der Waals surface area contributed by atoms with Crippen LogP contribution >= 0.6 is 0 Å². The molecule has 2 aromatic heterocycles. The molecule has 7 aromatic carbocycles. The number of hydrogen-bond donors (Lipinski definition) is 0. The third-order valence-electron chi connectivity index (χ3n) is 8.98. The molecule has 0 aliphatic rings. The molecule has 0 aliphatic heterocycles. The van der Waals surface area contributed by atoms with Gasteiger partial charge in [0.25, 0.3) is 0 Å². The van der Waals surface area contributed by atoms with Crippen LogP contribution in [0.5, 0.6) is 0 Å². The van der Waals surface area contributed by atoms with Gasteiger partial charge in [0.2, 0.25) is 0 Å². The van der Waals surface area contributed by atoms with Gasteiger partial charge in [0, 0.05) is 32.8 Å². The number of fused-ring (bicyclic) bond motifs is 5. The molecule has 9 aromatic rings. The Morgan fingerprint density at radius 1 is 0.429 bits per heavy atom. The molecule has 0 saturated carbocycles. The minimum absolute atomic E-state index is 0.618. The van der Waals surface area contributed by atoms with Crippen LogP contribution in [0.4, 0.5) is 0 Å².